The summed E-state index contributed by atoms with van der Waals surface area (Å²) < 4.78 is 4.00. The summed E-state index contributed by atoms with van der Waals surface area (Å²) in [5, 5.41) is 11.4. The van der Waals surface area contributed by atoms with Gasteiger partial charge in [-0.15, -0.1) is 0 Å². The van der Waals surface area contributed by atoms with Gasteiger partial charge in [0.2, 0.25) is 5.78 Å². The molecule has 0 radical (unpaired) electrons. The largest absolute Gasteiger partial charge is 0.297 e. The molecule has 5 rings (SSSR count). The third-order valence-corrected chi connectivity index (χ3v) is 4.42. The van der Waals surface area contributed by atoms with E-state index in [0.29, 0.717) is 11.3 Å². The molecule has 25 heavy (non-hydrogen) atoms. The molecule has 0 amide bonds. The van der Waals surface area contributed by atoms with Gasteiger partial charge >= 0.3 is 0 Å². The second kappa shape index (κ2) is 4.91. The van der Waals surface area contributed by atoms with Crippen molar-refractivity contribution in [2.24, 2.45) is 0 Å². The number of non-ortho nitro benzene ring substituents is 1. The first kappa shape index (κ1) is 13.7. The Morgan fingerprint density at radius 2 is 1.48 bits per heavy atom. The van der Waals surface area contributed by atoms with Crippen LogP contribution in [0.15, 0.2) is 72.8 Å². The number of fused-ring (bicyclic) bond motifs is 5. The van der Waals surface area contributed by atoms with Gasteiger partial charge in [-0.1, -0.05) is 36.4 Å². The van der Waals surface area contributed by atoms with Gasteiger partial charge in [-0.2, -0.15) is 0 Å². The third-order valence-electron chi connectivity index (χ3n) is 4.42. The van der Waals surface area contributed by atoms with E-state index >= 15 is 0 Å². The van der Waals surface area contributed by atoms with E-state index < -0.39 is 0 Å². The lowest BCUT2D eigenvalue weighted by atomic mass is 10.2. The third kappa shape index (κ3) is 1.82. The summed E-state index contributed by atoms with van der Waals surface area (Å²) in [5.74, 6) is 0.664. The topological polar surface area (TPSA) is 65.4 Å². The number of hydrogen-bond donors (Lipinski definition) is 0. The Morgan fingerprint density at radius 1 is 0.800 bits per heavy atom. The fraction of sp³-hybridized carbons (Fsp3) is 0. The molecule has 2 aromatic heterocycles. The number of aromatic nitrogens is 3. The van der Waals surface area contributed by atoms with Crippen molar-refractivity contribution < 1.29 is 4.92 Å². The van der Waals surface area contributed by atoms with Crippen LogP contribution in [-0.2, 0) is 0 Å². The Bertz CT molecular complexity index is 1270. The van der Waals surface area contributed by atoms with Crippen molar-refractivity contribution in [3.05, 3.63) is 82.9 Å². The average molecular weight is 328 g/mol. The van der Waals surface area contributed by atoms with Crippen LogP contribution < -0.4 is 0 Å². The first-order valence-corrected chi connectivity index (χ1v) is 7.86. The van der Waals surface area contributed by atoms with Crippen LogP contribution in [0.25, 0.3) is 33.5 Å². The van der Waals surface area contributed by atoms with E-state index in [2.05, 4.69) is 4.98 Å². The summed E-state index contributed by atoms with van der Waals surface area (Å²) in [6.45, 7) is 0. The van der Waals surface area contributed by atoms with E-state index in [1.165, 1.54) is 6.07 Å². The van der Waals surface area contributed by atoms with Gasteiger partial charge in [0.25, 0.3) is 5.69 Å². The molecular weight excluding hydrogens is 316 g/mol. The number of nitro benzene ring substituents is 1. The molecule has 120 valence electrons. The molecule has 6 nitrogen and oxygen atoms in total. The normalized spacial score (nSPS) is 11.5. The van der Waals surface area contributed by atoms with Crippen LogP contribution in [0.4, 0.5) is 5.69 Å². The van der Waals surface area contributed by atoms with Crippen LogP contribution in [0.5, 0.6) is 0 Å². The van der Waals surface area contributed by atoms with Crippen LogP contribution in [0, 0.1) is 10.1 Å². The van der Waals surface area contributed by atoms with Crippen LogP contribution in [0.2, 0.25) is 0 Å². The molecule has 0 N–H and O–H groups in total. The summed E-state index contributed by atoms with van der Waals surface area (Å²) in [4.78, 5) is 15.6. The minimum Gasteiger partial charge on any atom is -0.278 e. The molecule has 0 aliphatic carbocycles. The number of rotatable bonds is 2. The predicted molar refractivity (Wildman–Crippen MR) is 96.2 cm³/mol. The van der Waals surface area contributed by atoms with Gasteiger partial charge in [-0.25, -0.2) is 4.98 Å². The van der Waals surface area contributed by atoms with E-state index in [1.54, 1.807) is 6.07 Å². The summed E-state index contributed by atoms with van der Waals surface area (Å²) >= 11 is 0. The highest BCUT2D eigenvalue weighted by atomic mass is 16.6. The summed E-state index contributed by atoms with van der Waals surface area (Å²) in [6.07, 6.45) is 0. The van der Waals surface area contributed by atoms with Crippen molar-refractivity contribution >= 4 is 33.5 Å². The van der Waals surface area contributed by atoms with Crippen LogP contribution in [0.1, 0.15) is 0 Å². The van der Waals surface area contributed by atoms with Gasteiger partial charge in [0.1, 0.15) is 0 Å². The number of benzene rings is 3. The van der Waals surface area contributed by atoms with Crippen molar-refractivity contribution in [2.45, 2.75) is 0 Å². The molecule has 0 spiro atoms. The predicted octanol–water partition coefficient (Wildman–Crippen LogP) is 4.34. The summed E-state index contributed by atoms with van der Waals surface area (Å²) in [5.41, 5.74) is 4.08. The lowest BCUT2D eigenvalue weighted by Gasteiger charge is -2.04. The molecule has 2 heterocycles. The monoisotopic (exact) mass is 328 g/mol. The summed E-state index contributed by atoms with van der Waals surface area (Å²) in [6, 6.07) is 22.9. The van der Waals surface area contributed by atoms with Gasteiger partial charge in [-0.05, 0) is 30.3 Å². The quantitative estimate of drug-likeness (QED) is 0.358. The molecule has 0 fully saturated rings. The van der Waals surface area contributed by atoms with Crippen molar-refractivity contribution in [2.75, 3.05) is 0 Å². The highest BCUT2D eigenvalue weighted by Crippen LogP contribution is 2.32. The van der Waals surface area contributed by atoms with Gasteiger partial charge in [0, 0.05) is 11.8 Å². The fourth-order valence-electron chi connectivity index (χ4n) is 3.39. The van der Waals surface area contributed by atoms with Crippen LogP contribution >= 0.6 is 0 Å². The van der Waals surface area contributed by atoms with E-state index in [9.17, 15) is 10.1 Å². The molecule has 5 aromatic rings. The molecule has 0 atom stereocenters. The van der Waals surface area contributed by atoms with Gasteiger partial charge in [0.05, 0.1) is 21.5 Å². The van der Waals surface area contributed by atoms with Gasteiger partial charge < -0.3 is 0 Å². The Balaban J connectivity index is 2.03. The van der Waals surface area contributed by atoms with Crippen molar-refractivity contribution in [1.29, 1.82) is 0 Å². The fourth-order valence-corrected chi connectivity index (χ4v) is 3.39. The first-order chi connectivity index (χ1) is 12.3. The van der Waals surface area contributed by atoms with E-state index in [1.807, 2.05) is 69.6 Å². The Labute approximate surface area is 141 Å². The molecule has 3 aromatic carbocycles. The second-order valence-corrected chi connectivity index (χ2v) is 5.81. The van der Waals surface area contributed by atoms with E-state index in [0.717, 1.165) is 22.2 Å². The Hall–Kier alpha value is -3.67. The van der Waals surface area contributed by atoms with Crippen molar-refractivity contribution in [1.82, 2.24) is 14.0 Å². The van der Waals surface area contributed by atoms with Crippen molar-refractivity contribution in [3.63, 3.8) is 0 Å². The van der Waals surface area contributed by atoms with Crippen molar-refractivity contribution in [3.8, 4) is 5.69 Å². The van der Waals surface area contributed by atoms with E-state index in [-0.39, 0.29) is 10.6 Å². The SMILES string of the molecule is O=[N+]([O-])c1cccc2c1nc1n(-c3ccccc3)c3ccccc3n21. The standard InChI is InChI=1S/C19H12N4O2/c24-23(25)17-12-6-11-16-18(17)20-19-21(13-7-2-1-3-8-13)14-9-4-5-10-15(14)22(16)19/h1-12H. The average Bonchev–Trinajstić information content (AvgIpc) is 3.16. The molecule has 0 saturated carbocycles. The number of para-hydroxylation sites is 4. The van der Waals surface area contributed by atoms with Crippen LogP contribution in [0.3, 0.4) is 0 Å². The zero-order valence-electron chi connectivity index (χ0n) is 13.0. The highest BCUT2D eigenvalue weighted by Gasteiger charge is 2.21. The molecule has 0 aliphatic rings. The number of nitrogens with zero attached hydrogens (tertiary/aromatic N) is 4. The molecule has 0 bridgehead atoms. The smallest absolute Gasteiger partial charge is 0.278 e. The van der Waals surface area contributed by atoms with Crippen LogP contribution in [-0.4, -0.2) is 18.9 Å². The number of nitro groups is 1. The van der Waals surface area contributed by atoms with E-state index in [4.69, 9.17) is 0 Å². The molecule has 0 unspecified atom stereocenters. The second-order valence-electron chi connectivity index (χ2n) is 5.81. The maximum atomic E-state index is 11.4. The Kier molecular flexibility index (Phi) is 2.70. The maximum absolute atomic E-state index is 11.4. The molecular formula is C19H12N4O2. The zero-order chi connectivity index (χ0) is 17.0. The lowest BCUT2D eigenvalue weighted by Crippen LogP contribution is -1.94. The highest BCUT2D eigenvalue weighted by molar-refractivity contribution is 5.95. The minimum absolute atomic E-state index is 0.0184. The lowest BCUT2D eigenvalue weighted by molar-refractivity contribution is -0.383. The Morgan fingerprint density at radius 3 is 2.24 bits per heavy atom. The zero-order valence-corrected chi connectivity index (χ0v) is 13.0. The number of imidazole rings is 2. The van der Waals surface area contributed by atoms with Gasteiger partial charge in [-0.3, -0.25) is 19.1 Å². The number of hydrogen-bond acceptors (Lipinski definition) is 3. The molecule has 0 saturated heterocycles. The minimum atomic E-state index is -0.385. The summed E-state index contributed by atoms with van der Waals surface area (Å²) in [7, 11) is 0. The first-order valence-electron chi connectivity index (χ1n) is 7.86. The van der Waals surface area contributed by atoms with Gasteiger partial charge in [0.15, 0.2) is 5.52 Å². The maximum Gasteiger partial charge on any atom is 0.297 e. The molecule has 6 heteroatoms. The molecule has 0 aliphatic heterocycles.